The van der Waals surface area contributed by atoms with Gasteiger partial charge in [0.05, 0.1) is 25.3 Å². The highest BCUT2D eigenvalue weighted by atomic mass is 32.1. The molecule has 24 heavy (non-hydrogen) atoms. The van der Waals surface area contributed by atoms with Gasteiger partial charge in [-0.3, -0.25) is 4.79 Å². The highest BCUT2D eigenvalue weighted by Gasteiger charge is 2.31. The summed E-state index contributed by atoms with van der Waals surface area (Å²) in [7, 11) is 0. The minimum atomic E-state index is -0.455. The molecule has 0 spiro atoms. The fourth-order valence-electron chi connectivity index (χ4n) is 3.03. The second-order valence-electron chi connectivity index (χ2n) is 5.98. The average Bonchev–Trinajstić information content (AvgIpc) is 3.27. The maximum atomic E-state index is 13.0. The van der Waals surface area contributed by atoms with Gasteiger partial charge in [-0.1, -0.05) is 6.07 Å². The van der Waals surface area contributed by atoms with Gasteiger partial charge in [0.15, 0.2) is 0 Å². The van der Waals surface area contributed by atoms with Crippen LogP contribution in [0.3, 0.4) is 0 Å². The maximum absolute atomic E-state index is 13.0. The Bertz CT molecular complexity index is 633. The van der Waals surface area contributed by atoms with Crippen LogP contribution in [0.4, 0.5) is 4.79 Å². The molecule has 3 heterocycles. The van der Waals surface area contributed by atoms with E-state index in [1.165, 1.54) is 0 Å². The van der Waals surface area contributed by atoms with Gasteiger partial charge < -0.3 is 20.0 Å². The van der Waals surface area contributed by atoms with E-state index in [0.29, 0.717) is 26.2 Å². The molecule has 2 aromatic rings. The van der Waals surface area contributed by atoms with Crippen LogP contribution in [0.2, 0.25) is 0 Å². The van der Waals surface area contributed by atoms with E-state index in [2.05, 4.69) is 0 Å². The van der Waals surface area contributed by atoms with Crippen LogP contribution in [0.25, 0.3) is 0 Å². The Hall–Kier alpha value is -2.28. The number of carbonyl (C=O) groups excluding carboxylic acids is 2. The molecule has 7 heteroatoms. The number of urea groups is 1. The van der Waals surface area contributed by atoms with E-state index in [0.717, 1.165) is 23.5 Å². The number of piperidine rings is 1. The Kier molecular flexibility index (Phi) is 5.20. The highest BCUT2D eigenvalue weighted by molar-refractivity contribution is 7.09. The van der Waals surface area contributed by atoms with Crippen molar-refractivity contribution in [2.24, 2.45) is 11.7 Å². The van der Waals surface area contributed by atoms with Gasteiger partial charge in [-0.2, -0.15) is 0 Å². The molecule has 1 fully saturated rings. The van der Waals surface area contributed by atoms with Gasteiger partial charge in [-0.05, 0) is 36.4 Å². The number of likely N-dealkylation sites (tertiary alicyclic amines) is 1. The lowest BCUT2D eigenvalue weighted by atomic mass is 9.96. The van der Waals surface area contributed by atoms with Gasteiger partial charge in [-0.15, -0.1) is 11.3 Å². The van der Waals surface area contributed by atoms with Crippen molar-refractivity contribution in [1.82, 2.24) is 9.80 Å². The van der Waals surface area contributed by atoms with Crippen molar-refractivity contribution in [1.29, 1.82) is 0 Å². The molecule has 0 aliphatic carbocycles. The number of amides is 3. The maximum Gasteiger partial charge on any atom is 0.314 e. The highest BCUT2D eigenvalue weighted by Crippen LogP contribution is 2.22. The molecule has 3 rings (SSSR count). The molecule has 2 aromatic heterocycles. The largest absolute Gasteiger partial charge is 0.467 e. The number of primary amides is 1. The first kappa shape index (κ1) is 16.6. The summed E-state index contributed by atoms with van der Waals surface area (Å²) < 4.78 is 5.41. The zero-order valence-corrected chi connectivity index (χ0v) is 14.2. The summed E-state index contributed by atoms with van der Waals surface area (Å²) in [6.45, 7) is 2.00. The lowest BCUT2D eigenvalue weighted by Crippen LogP contribution is -2.48. The fraction of sp³-hybridized carbons (Fsp3) is 0.412. The first-order chi connectivity index (χ1) is 11.6. The molecule has 0 radical (unpaired) electrons. The summed E-state index contributed by atoms with van der Waals surface area (Å²) in [5.74, 6) is 0.592. The first-order valence-electron chi connectivity index (χ1n) is 8.01. The molecule has 0 bridgehead atoms. The average molecular weight is 347 g/mol. The van der Waals surface area contributed by atoms with Crippen molar-refractivity contribution in [2.45, 2.75) is 25.9 Å². The van der Waals surface area contributed by atoms with Crippen molar-refractivity contribution >= 4 is 23.3 Å². The number of nitrogens with two attached hydrogens (primary N) is 1. The molecular formula is C17H21N3O3S. The Labute approximate surface area is 144 Å². The number of carbonyl (C=O) groups is 2. The van der Waals surface area contributed by atoms with Crippen LogP contribution < -0.4 is 5.73 Å². The molecule has 0 unspecified atom stereocenters. The standard InChI is InChI=1S/C17H21N3O3S/c18-17(22)19-7-1-4-13(10-19)16(21)20(11-14-5-2-8-23-14)12-15-6-3-9-24-15/h2-3,5-6,8-9,13H,1,4,7,10-12H2,(H2,18,22)/t13-/m1/s1. The van der Waals surface area contributed by atoms with Crippen molar-refractivity contribution in [3.8, 4) is 0 Å². The van der Waals surface area contributed by atoms with E-state index >= 15 is 0 Å². The molecule has 0 aromatic carbocycles. The minimum absolute atomic E-state index is 0.0470. The van der Waals surface area contributed by atoms with E-state index in [-0.39, 0.29) is 11.8 Å². The van der Waals surface area contributed by atoms with Crippen LogP contribution >= 0.6 is 11.3 Å². The zero-order chi connectivity index (χ0) is 16.9. The van der Waals surface area contributed by atoms with Gasteiger partial charge in [0.25, 0.3) is 0 Å². The monoisotopic (exact) mass is 347 g/mol. The third-order valence-corrected chi connectivity index (χ3v) is 5.11. The Morgan fingerprint density at radius 2 is 2.21 bits per heavy atom. The zero-order valence-electron chi connectivity index (χ0n) is 13.4. The van der Waals surface area contributed by atoms with E-state index < -0.39 is 6.03 Å². The van der Waals surface area contributed by atoms with Gasteiger partial charge in [0.1, 0.15) is 5.76 Å². The van der Waals surface area contributed by atoms with Crippen LogP contribution in [0, 0.1) is 5.92 Å². The molecule has 6 nitrogen and oxygen atoms in total. The minimum Gasteiger partial charge on any atom is -0.467 e. The van der Waals surface area contributed by atoms with Gasteiger partial charge in [0, 0.05) is 18.0 Å². The molecule has 1 aliphatic heterocycles. The molecule has 1 saturated heterocycles. The SMILES string of the molecule is NC(=O)N1CCC[C@@H](C(=O)N(Cc2ccco2)Cc2cccs2)C1. The van der Waals surface area contributed by atoms with Crippen molar-refractivity contribution in [3.63, 3.8) is 0 Å². The molecule has 1 atom stereocenters. The molecule has 3 amide bonds. The quantitative estimate of drug-likeness (QED) is 0.903. The summed E-state index contributed by atoms with van der Waals surface area (Å²) in [4.78, 5) is 28.9. The van der Waals surface area contributed by atoms with Gasteiger partial charge in [0.2, 0.25) is 5.91 Å². The van der Waals surface area contributed by atoms with E-state index in [9.17, 15) is 9.59 Å². The number of rotatable bonds is 5. The summed E-state index contributed by atoms with van der Waals surface area (Å²) in [6.07, 6.45) is 3.19. The number of hydrogen-bond donors (Lipinski definition) is 1. The first-order valence-corrected chi connectivity index (χ1v) is 8.89. The van der Waals surface area contributed by atoms with Crippen LogP contribution in [-0.2, 0) is 17.9 Å². The summed E-state index contributed by atoms with van der Waals surface area (Å²) >= 11 is 1.62. The molecule has 1 aliphatic rings. The van der Waals surface area contributed by atoms with Gasteiger partial charge >= 0.3 is 6.03 Å². The van der Waals surface area contributed by atoms with Crippen LogP contribution in [0.5, 0.6) is 0 Å². The number of thiophene rings is 1. The number of nitrogens with zero attached hydrogens (tertiary/aromatic N) is 2. The predicted octanol–water partition coefficient (Wildman–Crippen LogP) is 2.66. The molecular weight excluding hydrogens is 326 g/mol. The predicted molar refractivity (Wildman–Crippen MR) is 91.2 cm³/mol. The summed E-state index contributed by atoms with van der Waals surface area (Å²) in [5.41, 5.74) is 5.37. The van der Waals surface area contributed by atoms with E-state index in [4.69, 9.17) is 10.2 Å². The Morgan fingerprint density at radius 1 is 1.33 bits per heavy atom. The Balaban J connectivity index is 1.73. The topological polar surface area (TPSA) is 79.8 Å². The van der Waals surface area contributed by atoms with Crippen molar-refractivity contribution in [3.05, 3.63) is 46.5 Å². The third kappa shape index (κ3) is 3.97. The van der Waals surface area contributed by atoms with Crippen LogP contribution in [-0.4, -0.2) is 34.8 Å². The van der Waals surface area contributed by atoms with E-state index in [1.807, 2.05) is 29.6 Å². The van der Waals surface area contributed by atoms with Gasteiger partial charge in [-0.25, -0.2) is 4.79 Å². The fourth-order valence-corrected chi connectivity index (χ4v) is 3.75. The molecule has 0 saturated carbocycles. The second-order valence-corrected chi connectivity index (χ2v) is 7.01. The Morgan fingerprint density at radius 3 is 2.88 bits per heavy atom. The smallest absolute Gasteiger partial charge is 0.314 e. The van der Waals surface area contributed by atoms with Crippen molar-refractivity contribution < 1.29 is 14.0 Å². The third-order valence-electron chi connectivity index (χ3n) is 4.25. The molecule has 128 valence electrons. The second kappa shape index (κ2) is 7.53. The number of furan rings is 1. The molecule has 2 N–H and O–H groups in total. The lowest BCUT2D eigenvalue weighted by molar-refractivity contribution is -0.138. The summed E-state index contributed by atoms with van der Waals surface area (Å²) in [6, 6.07) is 7.22. The van der Waals surface area contributed by atoms with E-state index in [1.54, 1.807) is 27.4 Å². The normalized spacial score (nSPS) is 17.7. The number of hydrogen-bond acceptors (Lipinski definition) is 4. The summed E-state index contributed by atoms with van der Waals surface area (Å²) in [5, 5.41) is 2.00. The van der Waals surface area contributed by atoms with Crippen LogP contribution in [0.1, 0.15) is 23.5 Å². The lowest BCUT2D eigenvalue weighted by Gasteiger charge is -2.33. The van der Waals surface area contributed by atoms with Crippen LogP contribution in [0.15, 0.2) is 40.3 Å². The van der Waals surface area contributed by atoms with Crippen molar-refractivity contribution in [2.75, 3.05) is 13.1 Å².